The maximum Gasteiger partial charge on any atom is 0.303 e. The maximum atomic E-state index is 13.0. The van der Waals surface area contributed by atoms with Crippen molar-refractivity contribution >= 4 is 17.6 Å². The molecule has 0 spiro atoms. The number of nitrogens with one attached hydrogen (secondary N) is 1. The zero-order valence-corrected chi connectivity index (χ0v) is 11.9. The number of H-pyrrole nitrogens is 1. The molecule has 0 aliphatic rings. The van der Waals surface area contributed by atoms with Crippen LogP contribution in [0.25, 0.3) is 11.4 Å². The maximum absolute atomic E-state index is 13.0. The van der Waals surface area contributed by atoms with E-state index in [1.165, 1.54) is 12.1 Å². The van der Waals surface area contributed by atoms with E-state index < -0.39 is 17.3 Å². The lowest BCUT2D eigenvalue weighted by Crippen LogP contribution is -2.18. The van der Waals surface area contributed by atoms with Crippen LogP contribution >= 0.6 is 11.6 Å². The number of aryl methyl sites for hydroxylation is 1. The van der Waals surface area contributed by atoms with Gasteiger partial charge in [-0.05, 0) is 31.5 Å². The lowest BCUT2D eigenvalue weighted by molar-refractivity contribution is -0.136. The van der Waals surface area contributed by atoms with Crippen molar-refractivity contribution in [1.82, 2.24) is 9.97 Å². The summed E-state index contributed by atoms with van der Waals surface area (Å²) in [6.45, 7) is 1.62. The molecule has 1 heterocycles. The van der Waals surface area contributed by atoms with E-state index >= 15 is 0 Å². The van der Waals surface area contributed by atoms with Crippen LogP contribution < -0.4 is 5.56 Å². The van der Waals surface area contributed by atoms with Gasteiger partial charge in [-0.3, -0.25) is 9.59 Å². The van der Waals surface area contributed by atoms with Crippen molar-refractivity contribution in [2.75, 3.05) is 0 Å². The summed E-state index contributed by atoms with van der Waals surface area (Å²) in [7, 11) is 0. The Bertz CT molecular complexity index is 758. The molecule has 0 fully saturated rings. The van der Waals surface area contributed by atoms with E-state index in [4.69, 9.17) is 16.7 Å². The van der Waals surface area contributed by atoms with Gasteiger partial charge in [0.05, 0.1) is 5.02 Å². The first-order valence-corrected chi connectivity index (χ1v) is 6.53. The van der Waals surface area contributed by atoms with Crippen molar-refractivity contribution in [3.63, 3.8) is 0 Å². The number of aliphatic carboxylic acids is 1. The minimum atomic E-state index is -0.987. The van der Waals surface area contributed by atoms with Crippen molar-refractivity contribution in [1.29, 1.82) is 0 Å². The number of aromatic amines is 1. The molecule has 0 atom stereocenters. The molecule has 21 heavy (non-hydrogen) atoms. The van der Waals surface area contributed by atoms with Crippen LogP contribution in [0.15, 0.2) is 23.0 Å². The molecule has 2 N–H and O–H groups in total. The molecule has 0 saturated heterocycles. The van der Waals surface area contributed by atoms with Gasteiger partial charge in [0.15, 0.2) is 0 Å². The highest BCUT2D eigenvalue weighted by molar-refractivity contribution is 6.33. The molecule has 0 bridgehead atoms. The van der Waals surface area contributed by atoms with Gasteiger partial charge in [-0.15, -0.1) is 0 Å². The summed E-state index contributed by atoms with van der Waals surface area (Å²) >= 11 is 5.93. The fraction of sp³-hybridized carbons (Fsp3) is 0.214. The van der Waals surface area contributed by atoms with Crippen LogP contribution in [0.2, 0.25) is 5.02 Å². The van der Waals surface area contributed by atoms with Gasteiger partial charge < -0.3 is 10.1 Å². The summed E-state index contributed by atoms with van der Waals surface area (Å²) in [4.78, 5) is 29.4. The van der Waals surface area contributed by atoms with E-state index in [1.807, 2.05) is 0 Å². The Labute approximate surface area is 124 Å². The average Bonchev–Trinajstić information content (AvgIpc) is 2.37. The number of aromatic nitrogens is 2. The summed E-state index contributed by atoms with van der Waals surface area (Å²) in [5.41, 5.74) is 0.733. The number of hydrogen-bond acceptors (Lipinski definition) is 3. The van der Waals surface area contributed by atoms with Gasteiger partial charge in [0.2, 0.25) is 0 Å². The molecule has 0 amide bonds. The zero-order valence-electron chi connectivity index (χ0n) is 11.1. The molecule has 0 aliphatic carbocycles. The first-order valence-electron chi connectivity index (χ1n) is 6.15. The van der Waals surface area contributed by atoms with E-state index in [2.05, 4.69) is 9.97 Å². The second-order valence-electron chi connectivity index (χ2n) is 4.50. The Hall–Kier alpha value is -2.21. The third kappa shape index (κ3) is 3.46. The highest BCUT2D eigenvalue weighted by atomic mass is 35.5. The van der Waals surface area contributed by atoms with Gasteiger partial charge >= 0.3 is 5.97 Å². The molecule has 0 radical (unpaired) electrons. The predicted molar refractivity (Wildman–Crippen MR) is 76.0 cm³/mol. The fourth-order valence-corrected chi connectivity index (χ4v) is 2.20. The van der Waals surface area contributed by atoms with E-state index in [-0.39, 0.29) is 23.7 Å². The van der Waals surface area contributed by atoms with Crippen molar-refractivity contribution < 1.29 is 14.3 Å². The quantitative estimate of drug-likeness (QED) is 0.909. The van der Waals surface area contributed by atoms with Crippen LogP contribution in [0.1, 0.15) is 17.7 Å². The molecule has 1 aromatic heterocycles. The molecule has 2 rings (SSSR count). The van der Waals surface area contributed by atoms with Gasteiger partial charge in [0.1, 0.15) is 11.6 Å². The number of carboxylic acid groups (broad SMARTS) is 1. The molecule has 0 saturated carbocycles. The third-order valence-electron chi connectivity index (χ3n) is 3.00. The van der Waals surface area contributed by atoms with Crippen molar-refractivity contribution in [2.45, 2.75) is 19.8 Å². The number of nitrogens with zero attached hydrogens (tertiary/aromatic N) is 1. The fourth-order valence-electron chi connectivity index (χ4n) is 1.95. The van der Waals surface area contributed by atoms with Crippen LogP contribution in [0.5, 0.6) is 0 Å². The second kappa shape index (κ2) is 6.05. The van der Waals surface area contributed by atoms with E-state index in [9.17, 15) is 14.0 Å². The second-order valence-corrected chi connectivity index (χ2v) is 4.90. The van der Waals surface area contributed by atoms with Gasteiger partial charge in [0, 0.05) is 23.2 Å². The Balaban J connectivity index is 2.44. The largest absolute Gasteiger partial charge is 0.481 e. The van der Waals surface area contributed by atoms with Crippen molar-refractivity contribution in [3.05, 3.63) is 50.7 Å². The molecule has 7 heteroatoms. The number of rotatable bonds is 4. The third-order valence-corrected chi connectivity index (χ3v) is 3.31. The van der Waals surface area contributed by atoms with Crippen molar-refractivity contribution in [3.8, 4) is 11.4 Å². The topological polar surface area (TPSA) is 83.0 Å². The Morgan fingerprint density at radius 2 is 2.19 bits per heavy atom. The van der Waals surface area contributed by atoms with Gasteiger partial charge in [-0.25, -0.2) is 9.37 Å². The molecule has 0 unspecified atom stereocenters. The van der Waals surface area contributed by atoms with Crippen LogP contribution in [0.4, 0.5) is 4.39 Å². The molecule has 1 aromatic carbocycles. The van der Waals surface area contributed by atoms with E-state index in [1.54, 1.807) is 6.92 Å². The normalized spacial score (nSPS) is 10.6. The van der Waals surface area contributed by atoms with Gasteiger partial charge in [-0.2, -0.15) is 0 Å². The smallest absolute Gasteiger partial charge is 0.303 e. The van der Waals surface area contributed by atoms with Crippen LogP contribution in [0, 0.1) is 12.7 Å². The van der Waals surface area contributed by atoms with Gasteiger partial charge in [-0.1, -0.05) is 11.6 Å². The first kappa shape index (κ1) is 15.2. The minimum absolute atomic E-state index is 0.0981. The number of carbonyl (C=O) groups is 1. The van der Waals surface area contributed by atoms with Crippen LogP contribution in [0.3, 0.4) is 0 Å². The van der Waals surface area contributed by atoms with E-state index in [0.717, 1.165) is 6.07 Å². The summed E-state index contributed by atoms with van der Waals surface area (Å²) in [5.74, 6) is -1.25. The summed E-state index contributed by atoms with van der Waals surface area (Å²) in [6, 6.07) is 3.77. The standard InChI is InChI=1S/C14H12ClFN2O3/c1-7-9(4-5-12(19)20)14(21)18-13(17-7)10-3-2-8(16)6-11(10)15/h2-3,6H,4-5H2,1H3,(H,19,20)(H,17,18,21). The molecule has 0 aliphatic heterocycles. The molecule has 2 aromatic rings. The number of hydrogen-bond donors (Lipinski definition) is 2. The SMILES string of the molecule is Cc1nc(-c2ccc(F)cc2Cl)[nH]c(=O)c1CCC(=O)O. The Kier molecular flexibility index (Phi) is 4.37. The summed E-state index contributed by atoms with van der Waals surface area (Å²) < 4.78 is 13.0. The molecule has 110 valence electrons. The summed E-state index contributed by atoms with van der Waals surface area (Å²) in [6.07, 6.45) is -0.0524. The Morgan fingerprint density at radius 3 is 2.76 bits per heavy atom. The monoisotopic (exact) mass is 310 g/mol. The zero-order chi connectivity index (χ0) is 15.6. The number of benzene rings is 1. The molecule has 5 nitrogen and oxygen atoms in total. The molecular formula is C14H12ClFN2O3. The first-order chi connectivity index (χ1) is 9.88. The number of halogens is 2. The summed E-state index contributed by atoms with van der Waals surface area (Å²) in [5, 5.41) is 8.80. The van der Waals surface area contributed by atoms with Crippen LogP contribution in [-0.2, 0) is 11.2 Å². The predicted octanol–water partition coefficient (Wildman–Crippen LogP) is 2.56. The average molecular weight is 311 g/mol. The van der Waals surface area contributed by atoms with Gasteiger partial charge in [0.25, 0.3) is 5.56 Å². The van der Waals surface area contributed by atoms with E-state index in [0.29, 0.717) is 16.8 Å². The molecular weight excluding hydrogens is 299 g/mol. The van der Waals surface area contributed by atoms with Crippen molar-refractivity contribution in [2.24, 2.45) is 0 Å². The highest BCUT2D eigenvalue weighted by Gasteiger charge is 2.13. The Morgan fingerprint density at radius 1 is 1.48 bits per heavy atom. The lowest BCUT2D eigenvalue weighted by atomic mass is 10.1. The minimum Gasteiger partial charge on any atom is -0.481 e. The number of carboxylic acids is 1. The highest BCUT2D eigenvalue weighted by Crippen LogP contribution is 2.25. The lowest BCUT2D eigenvalue weighted by Gasteiger charge is -2.08. The van der Waals surface area contributed by atoms with Crippen LogP contribution in [-0.4, -0.2) is 21.0 Å².